The lowest BCUT2D eigenvalue weighted by Crippen LogP contribution is -2.48. The van der Waals surface area contributed by atoms with Gasteiger partial charge in [-0.15, -0.1) is 0 Å². The fourth-order valence-corrected chi connectivity index (χ4v) is 5.25. The molecule has 8 nitrogen and oxygen atoms in total. The van der Waals surface area contributed by atoms with E-state index in [0.29, 0.717) is 24.2 Å². The molecule has 0 amide bonds. The van der Waals surface area contributed by atoms with E-state index in [1.807, 2.05) is 6.07 Å². The first-order chi connectivity index (χ1) is 12.3. The maximum atomic E-state index is 13.4. The number of benzene rings is 1. The van der Waals surface area contributed by atoms with Crippen LogP contribution in [-0.2, 0) is 10.0 Å². The number of nitro groups is 1. The van der Waals surface area contributed by atoms with E-state index in [2.05, 4.69) is 10.3 Å². The SMILES string of the molecule is Cc1ccc([N+](=O)[O-])c(S(=O)(=O)N2CCNCC2c2cccnc2)c1C. The highest BCUT2D eigenvalue weighted by Gasteiger charge is 2.39. The van der Waals surface area contributed by atoms with Crippen molar-refractivity contribution in [2.75, 3.05) is 19.6 Å². The van der Waals surface area contributed by atoms with Crippen LogP contribution >= 0.6 is 0 Å². The van der Waals surface area contributed by atoms with Gasteiger partial charge in [-0.2, -0.15) is 4.31 Å². The summed E-state index contributed by atoms with van der Waals surface area (Å²) in [5.41, 5.74) is 1.46. The Kier molecular flexibility index (Phi) is 5.03. The first-order valence-corrected chi connectivity index (χ1v) is 9.65. The van der Waals surface area contributed by atoms with Crippen molar-refractivity contribution in [1.29, 1.82) is 0 Å². The number of aromatic nitrogens is 1. The Morgan fingerprint density at radius 2 is 2.08 bits per heavy atom. The Morgan fingerprint density at radius 1 is 1.31 bits per heavy atom. The number of hydrogen-bond acceptors (Lipinski definition) is 6. The monoisotopic (exact) mass is 376 g/mol. The number of pyridine rings is 1. The van der Waals surface area contributed by atoms with Crippen LogP contribution in [0.25, 0.3) is 0 Å². The maximum absolute atomic E-state index is 13.4. The lowest BCUT2D eigenvalue weighted by molar-refractivity contribution is -0.388. The van der Waals surface area contributed by atoms with E-state index in [-0.39, 0.29) is 11.4 Å². The molecule has 0 aliphatic carbocycles. The fourth-order valence-electron chi connectivity index (χ4n) is 3.19. The van der Waals surface area contributed by atoms with Gasteiger partial charge in [-0.3, -0.25) is 15.1 Å². The van der Waals surface area contributed by atoms with E-state index in [1.54, 1.807) is 38.4 Å². The molecule has 2 aromatic rings. The van der Waals surface area contributed by atoms with E-state index >= 15 is 0 Å². The van der Waals surface area contributed by atoms with Crippen LogP contribution in [0.5, 0.6) is 0 Å². The van der Waals surface area contributed by atoms with E-state index in [9.17, 15) is 18.5 Å². The summed E-state index contributed by atoms with van der Waals surface area (Å²) < 4.78 is 28.2. The van der Waals surface area contributed by atoms with E-state index in [1.165, 1.54) is 10.4 Å². The van der Waals surface area contributed by atoms with Crippen molar-refractivity contribution in [3.63, 3.8) is 0 Å². The molecule has 1 fully saturated rings. The summed E-state index contributed by atoms with van der Waals surface area (Å²) in [5, 5.41) is 14.6. The minimum atomic E-state index is -4.06. The van der Waals surface area contributed by atoms with Gasteiger partial charge < -0.3 is 5.32 Å². The van der Waals surface area contributed by atoms with Gasteiger partial charge in [-0.25, -0.2) is 8.42 Å². The first-order valence-electron chi connectivity index (χ1n) is 8.21. The molecule has 0 bridgehead atoms. The third-order valence-electron chi connectivity index (χ3n) is 4.68. The lowest BCUT2D eigenvalue weighted by atomic mass is 10.1. The Bertz CT molecular complexity index is 931. The number of piperazine rings is 1. The van der Waals surface area contributed by atoms with Gasteiger partial charge in [0.05, 0.1) is 11.0 Å². The van der Waals surface area contributed by atoms with Gasteiger partial charge in [0.25, 0.3) is 15.7 Å². The van der Waals surface area contributed by atoms with Crippen LogP contribution in [0.15, 0.2) is 41.6 Å². The van der Waals surface area contributed by atoms with Gasteiger partial charge in [-0.1, -0.05) is 12.1 Å². The molecular weight excluding hydrogens is 356 g/mol. The molecule has 138 valence electrons. The van der Waals surface area contributed by atoms with Gasteiger partial charge in [0.2, 0.25) is 0 Å². The van der Waals surface area contributed by atoms with Gasteiger partial charge in [0.1, 0.15) is 0 Å². The van der Waals surface area contributed by atoms with Crippen LogP contribution in [0.1, 0.15) is 22.7 Å². The van der Waals surface area contributed by atoms with Crippen molar-refractivity contribution in [3.8, 4) is 0 Å². The Balaban J connectivity index is 2.15. The van der Waals surface area contributed by atoms with Gasteiger partial charge in [-0.05, 0) is 36.6 Å². The zero-order valence-electron chi connectivity index (χ0n) is 14.5. The van der Waals surface area contributed by atoms with E-state index in [0.717, 1.165) is 5.56 Å². The lowest BCUT2D eigenvalue weighted by Gasteiger charge is -2.35. The molecule has 1 aliphatic rings. The average Bonchev–Trinajstić information content (AvgIpc) is 2.64. The average molecular weight is 376 g/mol. The summed E-state index contributed by atoms with van der Waals surface area (Å²) in [7, 11) is -4.06. The molecule has 1 unspecified atom stereocenters. The summed E-state index contributed by atoms with van der Waals surface area (Å²) in [5.74, 6) is 0. The molecule has 9 heteroatoms. The van der Waals surface area contributed by atoms with E-state index < -0.39 is 26.7 Å². The summed E-state index contributed by atoms with van der Waals surface area (Å²) in [6.45, 7) is 4.48. The molecule has 3 rings (SSSR count). The number of sulfonamides is 1. The second kappa shape index (κ2) is 7.10. The van der Waals surface area contributed by atoms with E-state index in [4.69, 9.17) is 0 Å². The van der Waals surface area contributed by atoms with Crippen LogP contribution in [0.4, 0.5) is 5.69 Å². The summed E-state index contributed by atoms with van der Waals surface area (Å²) in [4.78, 5) is 14.7. The van der Waals surface area contributed by atoms with Crippen LogP contribution in [0.2, 0.25) is 0 Å². The minimum Gasteiger partial charge on any atom is -0.313 e. The predicted octanol–water partition coefficient (Wildman–Crippen LogP) is 1.94. The Hall–Kier alpha value is -2.36. The topological polar surface area (TPSA) is 105 Å². The number of rotatable bonds is 4. The van der Waals surface area contributed by atoms with Gasteiger partial charge in [0, 0.05) is 38.1 Å². The molecule has 0 spiro atoms. The number of nitrogens with one attached hydrogen (secondary N) is 1. The number of hydrogen-bond donors (Lipinski definition) is 1. The maximum Gasteiger partial charge on any atom is 0.289 e. The van der Waals surface area contributed by atoms with Crippen LogP contribution < -0.4 is 5.32 Å². The van der Waals surface area contributed by atoms with Crippen LogP contribution in [-0.4, -0.2) is 42.3 Å². The van der Waals surface area contributed by atoms with Crippen molar-refractivity contribution < 1.29 is 13.3 Å². The molecule has 0 saturated carbocycles. The molecule has 1 aliphatic heterocycles. The minimum absolute atomic E-state index is 0.224. The van der Waals surface area contributed by atoms with Gasteiger partial charge in [0.15, 0.2) is 4.90 Å². The molecule has 1 N–H and O–H groups in total. The summed E-state index contributed by atoms with van der Waals surface area (Å²) in [6, 6.07) is 5.92. The molecule has 0 radical (unpaired) electrons. The highest BCUT2D eigenvalue weighted by molar-refractivity contribution is 7.89. The number of nitro benzene ring substituents is 1. The molecular formula is C17H20N4O4S. The van der Waals surface area contributed by atoms with Gasteiger partial charge >= 0.3 is 0 Å². The van der Waals surface area contributed by atoms with Crippen LogP contribution in [0, 0.1) is 24.0 Å². The van der Waals surface area contributed by atoms with Crippen molar-refractivity contribution in [2.45, 2.75) is 24.8 Å². The highest BCUT2D eigenvalue weighted by atomic mass is 32.2. The molecule has 1 saturated heterocycles. The number of nitrogens with zero attached hydrogens (tertiary/aromatic N) is 3. The standard InChI is InChI=1S/C17H20N4O4S/c1-12-5-6-15(21(22)23)17(13(12)2)26(24,25)20-9-8-19-11-16(20)14-4-3-7-18-10-14/h3-7,10,16,19H,8-9,11H2,1-2H3. The van der Waals surface area contributed by atoms with Crippen LogP contribution in [0.3, 0.4) is 0 Å². The quantitative estimate of drug-likeness (QED) is 0.646. The predicted molar refractivity (Wildman–Crippen MR) is 96.3 cm³/mol. The molecule has 1 atom stereocenters. The highest BCUT2D eigenvalue weighted by Crippen LogP contribution is 2.35. The van der Waals surface area contributed by atoms with Crippen molar-refractivity contribution in [2.24, 2.45) is 0 Å². The first kappa shape index (κ1) is 18.4. The second-order valence-corrected chi connectivity index (χ2v) is 8.06. The normalized spacial score (nSPS) is 18.6. The van der Waals surface area contributed by atoms with Crippen molar-refractivity contribution >= 4 is 15.7 Å². The molecule has 1 aromatic carbocycles. The smallest absolute Gasteiger partial charge is 0.289 e. The Morgan fingerprint density at radius 3 is 2.73 bits per heavy atom. The molecule has 26 heavy (non-hydrogen) atoms. The number of aryl methyl sites for hydroxylation is 1. The third kappa shape index (κ3) is 3.20. The molecule has 1 aromatic heterocycles. The molecule has 2 heterocycles. The zero-order valence-corrected chi connectivity index (χ0v) is 15.4. The van der Waals surface area contributed by atoms with Crippen molar-refractivity contribution in [3.05, 3.63) is 63.5 Å². The fraction of sp³-hybridized carbons (Fsp3) is 0.353. The summed E-state index contributed by atoms with van der Waals surface area (Å²) >= 11 is 0. The zero-order chi connectivity index (χ0) is 18.9. The summed E-state index contributed by atoms with van der Waals surface area (Å²) in [6.07, 6.45) is 3.24. The second-order valence-electron chi connectivity index (χ2n) is 6.23. The Labute approximate surface area is 152 Å². The third-order valence-corrected chi connectivity index (χ3v) is 6.77. The largest absolute Gasteiger partial charge is 0.313 e. The van der Waals surface area contributed by atoms with Crippen molar-refractivity contribution in [1.82, 2.24) is 14.6 Å².